The summed E-state index contributed by atoms with van der Waals surface area (Å²) < 4.78 is 0. The van der Waals surface area contributed by atoms with E-state index in [4.69, 9.17) is 0 Å². The highest BCUT2D eigenvalue weighted by atomic mass is 15.2. The summed E-state index contributed by atoms with van der Waals surface area (Å²) in [6.07, 6.45) is 5.56. The third-order valence-corrected chi connectivity index (χ3v) is 4.18. The predicted octanol–water partition coefficient (Wildman–Crippen LogP) is 4.26. The first-order valence-electron chi connectivity index (χ1n) is 7.10. The average molecular weight is 231 g/mol. The lowest BCUT2D eigenvalue weighted by atomic mass is 9.91. The summed E-state index contributed by atoms with van der Waals surface area (Å²) in [4.78, 5) is 2.64. The van der Waals surface area contributed by atoms with Crippen LogP contribution in [0.1, 0.15) is 51.1 Å². The number of nitrogens with zero attached hydrogens (tertiary/aromatic N) is 1. The molecule has 0 saturated carbocycles. The lowest BCUT2D eigenvalue weighted by molar-refractivity contribution is 0.137. The van der Waals surface area contributed by atoms with Crippen LogP contribution < -0.4 is 0 Å². The second kappa shape index (κ2) is 6.20. The number of rotatable bonds is 4. The van der Waals surface area contributed by atoms with Gasteiger partial charge >= 0.3 is 0 Å². The number of hydrogen-bond acceptors (Lipinski definition) is 1. The zero-order chi connectivity index (χ0) is 12.1. The normalized spacial score (nSPS) is 20.4. The van der Waals surface area contributed by atoms with E-state index in [1.54, 1.807) is 0 Å². The van der Waals surface area contributed by atoms with Crippen LogP contribution >= 0.6 is 0 Å². The average Bonchev–Trinajstić information content (AvgIpc) is 2.40. The lowest BCUT2D eigenvalue weighted by Gasteiger charge is -2.36. The molecule has 1 aliphatic heterocycles. The molecule has 1 aromatic carbocycles. The molecule has 0 unspecified atom stereocenters. The molecule has 1 saturated heterocycles. The standard InChI is InChI=1S/C16H25N/c1-3-7-15-10-12-17(13-11-15)14(2)16-8-5-4-6-9-16/h4-6,8-9,14-15H,3,7,10-13H2,1-2H3/t14-/m1/s1. The first-order chi connectivity index (χ1) is 8.31. The number of benzene rings is 1. The Kier molecular flexibility index (Phi) is 4.61. The van der Waals surface area contributed by atoms with Crippen molar-refractivity contribution >= 4 is 0 Å². The summed E-state index contributed by atoms with van der Waals surface area (Å²) in [7, 11) is 0. The third kappa shape index (κ3) is 3.32. The van der Waals surface area contributed by atoms with Gasteiger partial charge in [-0.1, -0.05) is 50.1 Å². The van der Waals surface area contributed by atoms with Gasteiger partial charge in [0.1, 0.15) is 0 Å². The molecule has 0 amide bonds. The van der Waals surface area contributed by atoms with Gasteiger partial charge in [0.15, 0.2) is 0 Å². The first kappa shape index (κ1) is 12.6. The molecule has 94 valence electrons. The smallest absolute Gasteiger partial charge is 0.0319 e. The van der Waals surface area contributed by atoms with Crippen LogP contribution in [0.15, 0.2) is 30.3 Å². The Morgan fingerprint density at radius 2 is 1.82 bits per heavy atom. The van der Waals surface area contributed by atoms with E-state index in [1.807, 2.05) is 0 Å². The molecule has 1 heterocycles. The molecular formula is C16H25N. The van der Waals surface area contributed by atoms with Gasteiger partial charge in [-0.2, -0.15) is 0 Å². The molecule has 0 bridgehead atoms. The van der Waals surface area contributed by atoms with Crippen LogP contribution in [0.4, 0.5) is 0 Å². The summed E-state index contributed by atoms with van der Waals surface area (Å²) in [6, 6.07) is 11.5. The van der Waals surface area contributed by atoms with Gasteiger partial charge in [0, 0.05) is 6.04 Å². The van der Waals surface area contributed by atoms with Crippen LogP contribution in [-0.4, -0.2) is 18.0 Å². The highest BCUT2D eigenvalue weighted by molar-refractivity contribution is 5.18. The van der Waals surface area contributed by atoms with E-state index < -0.39 is 0 Å². The van der Waals surface area contributed by atoms with Gasteiger partial charge in [0.25, 0.3) is 0 Å². The Bertz CT molecular complexity index is 312. The molecule has 0 radical (unpaired) electrons. The van der Waals surface area contributed by atoms with E-state index in [9.17, 15) is 0 Å². The highest BCUT2D eigenvalue weighted by Crippen LogP contribution is 2.28. The summed E-state index contributed by atoms with van der Waals surface area (Å²) >= 11 is 0. The van der Waals surface area contributed by atoms with Crippen molar-refractivity contribution in [3.05, 3.63) is 35.9 Å². The first-order valence-corrected chi connectivity index (χ1v) is 7.10. The zero-order valence-corrected chi connectivity index (χ0v) is 11.2. The molecule has 1 aromatic rings. The minimum absolute atomic E-state index is 0.582. The maximum Gasteiger partial charge on any atom is 0.0319 e. The van der Waals surface area contributed by atoms with Gasteiger partial charge < -0.3 is 0 Å². The zero-order valence-electron chi connectivity index (χ0n) is 11.2. The van der Waals surface area contributed by atoms with E-state index in [0.29, 0.717) is 6.04 Å². The summed E-state index contributed by atoms with van der Waals surface area (Å²) in [5.74, 6) is 0.985. The molecule has 1 heteroatoms. The van der Waals surface area contributed by atoms with Gasteiger partial charge in [-0.25, -0.2) is 0 Å². The molecular weight excluding hydrogens is 206 g/mol. The van der Waals surface area contributed by atoms with Crippen LogP contribution in [0.3, 0.4) is 0 Å². The van der Waals surface area contributed by atoms with Gasteiger partial charge in [0.2, 0.25) is 0 Å². The molecule has 1 fully saturated rings. The van der Waals surface area contributed by atoms with Crippen LogP contribution in [0.25, 0.3) is 0 Å². The maximum atomic E-state index is 2.64. The van der Waals surface area contributed by atoms with E-state index in [-0.39, 0.29) is 0 Å². The molecule has 2 rings (SSSR count). The fraction of sp³-hybridized carbons (Fsp3) is 0.625. The summed E-state index contributed by atoms with van der Waals surface area (Å²) in [5, 5.41) is 0. The van der Waals surface area contributed by atoms with Crippen LogP contribution in [0.5, 0.6) is 0 Å². The van der Waals surface area contributed by atoms with E-state index in [2.05, 4.69) is 49.1 Å². The largest absolute Gasteiger partial charge is 0.297 e. The van der Waals surface area contributed by atoms with Crippen molar-refractivity contribution in [1.82, 2.24) is 4.90 Å². The van der Waals surface area contributed by atoms with Crippen LogP contribution in [0.2, 0.25) is 0 Å². The van der Waals surface area contributed by atoms with Crippen molar-refractivity contribution in [1.29, 1.82) is 0 Å². The summed E-state index contributed by atoms with van der Waals surface area (Å²) in [5.41, 5.74) is 1.46. The molecule has 0 aliphatic carbocycles. The Morgan fingerprint density at radius 3 is 2.41 bits per heavy atom. The third-order valence-electron chi connectivity index (χ3n) is 4.18. The van der Waals surface area contributed by atoms with Gasteiger partial charge in [0.05, 0.1) is 0 Å². The van der Waals surface area contributed by atoms with Crippen molar-refractivity contribution in [2.45, 2.75) is 45.6 Å². The van der Waals surface area contributed by atoms with Crippen LogP contribution in [0, 0.1) is 5.92 Å². The monoisotopic (exact) mass is 231 g/mol. The Morgan fingerprint density at radius 1 is 1.18 bits per heavy atom. The fourth-order valence-electron chi connectivity index (χ4n) is 2.98. The van der Waals surface area contributed by atoms with Gasteiger partial charge in [-0.15, -0.1) is 0 Å². The Balaban J connectivity index is 1.88. The lowest BCUT2D eigenvalue weighted by Crippen LogP contribution is -2.35. The van der Waals surface area contributed by atoms with E-state index in [1.165, 1.54) is 44.3 Å². The van der Waals surface area contributed by atoms with Gasteiger partial charge in [-0.05, 0) is 44.3 Å². The van der Waals surface area contributed by atoms with Crippen molar-refractivity contribution in [2.75, 3.05) is 13.1 Å². The van der Waals surface area contributed by atoms with Crippen LogP contribution in [-0.2, 0) is 0 Å². The van der Waals surface area contributed by atoms with Crippen molar-refractivity contribution in [2.24, 2.45) is 5.92 Å². The van der Waals surface area contributed by atoms with Gasteiger partial charge in [-0.3, -0.25) is 4.90 Å². The molecule has 1 atom stereocenters. The number of piperidine rings is 1. The molecule has 1 aliphatic rings. The minimum atomic E-state index is 0.582. The Hall–Kier alpha value is -0.820. The van der Waals surface area contributed by atoms with Crippen molar-refractivity contribution < 1.29 is 0 Å². The second-order valence-electron chi connectivity index (χ2n) is 5.35. The molecule has 0 spiro atoms. The second-order valence-corrected chi connectivity index (χ2v) is 5.35. The number of hydrogen-bond donors (Lipinski definition) is 0. The Labute approximate surface area is 106 Å². The maximum absolute atomic E-state index is 2.64. The SMILES string of the molecule is CCCC1CCN([C@H](C)c2ccccc2)CC1. The fourth-order valence-corrected chi connectivity index (χ4v) is 2.98. The molecule has 0 N–H and O–H groups in total. The molecule has 1 nitrogen and oxygen atoms in total. The van der Waals surface area contributed by atoms with E-state index >= 15 is 0 Å². The molecule has 17 heavy (non-hydrogen) atoms. The predicted molar refractivity (Wildman–Crippen MR) is 74.1 cm³/mol. The topological polar surface area (TPSA) is 3.24 Å². The quantitative estimate of drug-likeness (QED) is 0.748. The molecule has 0 aromatic heterocycles. The highest BCUT2D eigenvalue weighted by Gasteiger charge is 2.22. The van der Waals surface area contributed by atoms with Crippen molar-refractivity contribution in [3.8, 4) is 0 Å². The van der Waals surface area contributed by atoms with E-state index in [0.717, 1.165) is 5.92 Å². The van der Waals surface area contributed by atoms with Crippen molar-refractivity contribution in [3.63, 3.8) is 0 Å². The summed E-state index contributed by atoms with van der Waals surface area (Å²) in [6.45, 7) is 7.20. The number of likely N-dealkylation sites (tertiary alicyclic amines) is 1. The minimum Gasteiger partial charge on any atom is -0.297 e.